The van der Waals surface area contributed by atoms with Crippen LogP contribution in [0.15, 0.2) is 29.4 Å². The number of rotatable bonds is 1. The summed E-state index contributed by atoms with van der Waals surface area (Å²) in [5.41, 5.74) is 0.464. The van der Waals surface area contributed by atoms with Crippen LogP contribution in [0.4, 0.5) is 5.69 Å². The largest absolute Gasteiger partial charge is 0.387 e. The van der Waals surface area contributed by atoms with E-state index < -0.39 is 39.8 Å². The highest BCUT2D eigenvalue weighted by Crippen LogP contribution is 2.67. The molecule has 2 saturated carbocycles. The number of fused-ring (bicyclic) bond motifs is 8. The molecule has 6 atom stereocenters. The van der Waals surface area contributed by atoms with Gasteiger partial charge in [-0.2, -0.15) is 0 Å². The van der Waals surface area contributed by atoms with Gasteiger partial charge in [-0.05, 0) is 133 Å². The minimum absolute atomic E-state index is 0.00382. The first-order chi connectivity index (χ1) is 20.7. The molecule has 3 heterocycles. The van der Waals surface area contributed by atoms with Gasteiger partial charge in [0, 0.05) is 23.8 Å². The molecule has 1 unspecified atom stereocenters. The van der Waals surface area contributed by atoms with E-state index in [1.807, 2.05) is 26.0 Å². The molecule has 7 rings (SSSR count). The molecule has 0 aromatic heterocycles. The number of amides is 1. The van der Waals surface area contributed by atoms with Crippen LogP contribution >= 0.6 is 0 Å². The number of anilines is 1. The highest BCUT2D eigenvalue weighted by atomic mass is 16.5. The lowest BCUT2D eigenvalue weighted by atomic mass is 9.41. The fourth-order valence-electron chi connectivity index (χ4n) is 10.1. The molecule has 0 bridgehead atoms. The van der Waals surface area contributed by atoms with Crippen molar-refractivity contribution < 1.29 is 34.1 Å². The number of aliphatic hydroxyl groups is 2. The monoisotopic (exact) mass is 617 g/mol. The first-order valence-electron chi connectivity index (χ1n) is 16.5. The topological polar surface area (TPSA) is 122 Å². The Bertz CT molecular complexity index is 1630. The van der Waals surface area contributed by atoms with Crippen LogP contribution in [0.2, 0.25) is 0 Å². The van der Waals surface area contributed by atoms with Crippen LogP contribution in [0, 0.1) is 16.7 Å². The van der Waals surface area contributed by atoms with Crippen molar-refractivity contribution in [2.75, 3.05) is 5.32 Å². The molecular weight excluding hydrogens is 570 g/mol. The van der Waals surface area contributed by atoms with E-state index in [-0.39, 0.29) is 35.4 Å². The number of ketones is 2. The van der Waals surface area contributed by atoms with Crippen molar-refractivity contribution in [2.24, 2.45) is 16.7 Å². The van der Waals surface area contributed by atoms with E-state index >= 15 is 0 Å². The molecule has 1 amide bonds. The first kappa shape index (κ1) is 31.0. The summed E-state index contributed by atoms with van der Waals surface area (Å²) in [5, 5.41) is 26.4. The Morgan fingerprint density at radius 1 is 0.978 bits per heavy atom. The Hall–Kier alpha value is -2.65. The normalized spacial score (nSPS) is 38.4. The van der Waals surface area contributed by atoms with Crippen molar-refractivity contribution in [1.82, 2.24) is 0 Å². The highest BCUT2D eigenvalue weighted by molar-refractivity contribution is 6.09. The summed E-state index contributed by atoms with van der Waals surface area (Å²) in [5.74, 6) is -0.890. The second kappa shape index (κ2) is 9.24. The van der Waals surface area contributed by atoms with Crippen molar-refractivity contribution in [1.29, 1.82) is 0 Å². The second-order valence-corrected chi connectivity index (χ2v) is 16.6. The molecule has 3 N–H and O–H groups in total. The lowest BCUT2D eigenvalue weighted by molar-refractivity contribution is -0.215. The summed E-state index contributed by atoms with van der Waals surface area (Å²) in [7, 11) is 0. The van der Waals surface area contributed by atoms with Crippen molar-refractivity contribution in [2.45, 2.75) is 135 Å². The Morgan fingerprint density at radius 2 is 1.69 bits per heavy atom. The number of Topliss-reactive ketones (excluding diaryl/α,β-unsaturated/α-hetero) is 1. The maximum atomic E-state index is 14.7. The molecule has 0 saturated heterocycles. The second-order valence-electron chi connectivity index (χ2n) is 16.6. The van der Waals surface area contributed by atoms with E-state index in [1.165, 1.54) is 17.2 Å². The fourth-order valence-corrected chi connectivity index (χ4v) is 10.1. The standard InChI is InChI=1S/C37H47NO7/c1-32(2)18-23-21-16-26-22(13-19(21)14-24(23)34(5,6)45-32)27(39)15-20-9-12-37(43)25-17-28(40)30(33(3,4)42)44-29(25)10-11-35(37,7)36(20,8)31(41)38-26/h13,16-17,20,29-30,42-43H,9-12,14-15,18H2,1-8H3,(H,38,41)/t20-,29?,30-,35+,36+,37+/m0/s1. The molecule has 3 aliphatic heterocycles. The zero-order valence-electron chi connectivity index (χ0n) is 27.8. The Balaban J connectivity index is 1.29. The SMILES string of the molecule is CC1(C)CC2=C(Cc3cc4c(cc32)NC(=O)[C@@]2(C)[C@@H](CC[C@@]3(O)C5=CC(=O)[C@@H](C(C)(C)O)OC5CC[C@@]32C)CC4=O)C(C)(C)O1. The third-order valence-corrected chi connectivity index (χ3v) is 12.6. The number of nitrogens with one attached hydrogen (secondary N) is 1. The average Bonchev–Trinajstić information content (AvgIpc) is 3.27. The van der Waals surface area contributed by atoms with E-state index in [9.17, 15) is 24.6 Å². The molecule has 8 nitrogen and oxygen atoms in total. The summed E-state index contributed by atoms with van der Waals surface area (Å²) in [6.07, 6.45) is 3.30. The van der Waals surface area contributed by atoms with Gasteiger partial charge < -0.3 is 25.0 Å². The smallest absolute Gasteiger partial charge is 0.231 e. The van der Waals surface area contributed by atoms with Crippen molar-refractivity contribution >= 4 is 28.7 Å². The van der Waals surface area contributed by atoms with Crippen LogP contribution in [0.25, 0.3) is 5.57 Å². The quantitative estimate of drug-likeness (QED) is 0.382. The molecule has 1 aromatic carbocycles. The van der Waals surface area contributed by atoms with Gasteiger partial charge in [-0.15, -0.1) is 0 Å². The minimum Gasteiger partial charge on any atom is -0.387 e. The van der Waals surface area contributed by atoms with Gasteiger partial charge in [0.1, 0.15) is 6.10 Å². The third kappa shape index (κ3) is 4.14. The maximum Gasteiger partial charge on any atom is 0.231 e. The van der Waals surface area contributed by atoms with Gasteiger partial charge in [-0.25, -0.2) is 0 Å². The first-order valence-corrected chi connectivity index (χ1v) is 16.5. The summed E-state index contributed by atoms with van der Waals surface area (Å²) < 4.78 is 12.6. The molecule has 0 spiro atoms. The summed E-state index contributed by atoms with van der Waals surface area (Å²) in [4.78, 5) is 42.0. The molecule has 0 radical (unpaired) electrons. The lowest BCUT2D eigenvalue weighted by Gasteiger charge is -2.65. The zero-order chi connectivity index (χ0) is 32.7. The highest BCUT2D eigenvalue weighted by Gasteiger charge is 2.70. The van der Waals surface area contributed by atoms with Crippen LogP contribution in [0.3, 0.4) is 0 Å². The fraction of sp³-hybridized carbons (Fsp3) is 0.649. The molecule has 2 fully saturated rings. The third-order valence-electron chi connectivity index (χ3n) is 12.6. The number of benzene rings is 1. The number of carbonyl (C=O) groups excluding carboxylic acids is 3. The lowest BCUT2D eigenvalue weighted by Crippen LogP contribution is -2.70. The van der Waals surface area contributed by atoms with Gasteiger partial charge in [0.25, 0.3) is 0 Å². The zero-order valence-corrected chi connectivity index (χ0v) is 27.8. The van der Waals surface area contributed by atoms with Crippen molar-refractivity contribution in [3.63, 3.8) is 0 Å². The van der Waals surface area contributed by atoms with E-state index in [0.29, 0.717) is 42.5 Å². The minimum atomic E-state index is -1.49. The van der Waals surface area contributed by atoms with E-state index in [2.05, 4.69) is 33.0 Å². The van der Waals surface area contributed by atoms with Crippen LogP contribution in [-0.4, -0.2) is 62.3 Å². The van der Waals surface area contributed by atoms with Gasteiger partial charge in [0.2, 0.25) is 5.91 Å². The van der Waals surface area contributed by atoms with Crippen LogP contribution in [-0.2, 0) is 25.5 Å². The van der Waals surface area contributed by atoms with Gasteiger partial charge >= 0.3 is 0 Å². The number of carbonyl (C=O) groups is 3. The van der Waals surface area contributed by atoms with Crippen LogP contribution < -0.4 is 5.32 Å². The predicted octanol–water partition coefficient (Wildman–Crippen LogP) is 5.48. The molecule has 242 valence electrons. The van der Waals surface area contributed by atoms with Crippen molar-refractivity contribution in [3.05, 3.63) is 46.0 Å². The molecule has 6 aliphatic rings. The van der Waals surface area contributed by atoms with Gasteiger partial charge in [-0.3, -0.25) is 14.4 Å². The molecule has 3 aliphatic carbocycles. The van der Waals surface area contributed by atoms with E-state index in [0.717, 1.165) is 24.0 Å². The Morgan fingerprint density at radius 3 is 2.38 bits per heavy atom. The van der Waals surface area contributed by atoms with Gasteiger partial charge in [0.15, 0.2) is 11.6 Å². The summed E-state index contributed by atoms with van der Waals surface area (Å²) in [6, 6.07) is 3.98. The van der Waals surface area contributed by atoms with Gasteiger partial charge in [0.05, 0.1) is 39.6 Å². The van der Waals surface area contributed by atoms with E-state index in [4.69, 9.17) is 9.47 Å². The van der Waals surface area contributed by atoms with E-state index in [1.54, 1.807) is 13.8 Å². The number of hydrogen-bond donors (Lipinski definition) is 3. The molecule has 1 aromatic rings. The maximum absolute atomic E-state index is 14.7. The van der Waals surface area contributed by atoms with Gasteiger partial charge in [-0.1, -0.05) is 6.92 Å². The molecule has 45 heavy (non-hydrogen) atoms. The number of ether oxygens (including phenoxy) is 2. The predicted molar refractivity (Wildman–Crippen MR) is 170 cm³/mol. The molecular formula is C37H47NO7. The summed E-state index contributed by atoms with van der Waals surface area (Å²) >= 11 is 0. The summed E-state index contributed by atoms with van der Waals surface area (Å²) in [6.45, 7) is 15.3. The number of hydrogen-bond acceptors (Lipinski definition) is 7. The Kier molecular flexibility index (Phi) is 6.36. The Labute approximate surface area is 265 Å². The average molecular weight is 618 g/mol. The van der Waals surface area contributed by atoms with Crippen LogP contribution in [0.1, 0.15) is 115 Å². The molecule has 8 heteroatoms. The van der Waals surface area contributed by atoms with Crippen LogP contribution in [0.5, 0.6) is 0 Å². The van der Waals surface area contributed by atoms with Crippen molar-refractivity contribution in [3.8, 4) is 0 Å².